The Hall–Kier alpha value is -2.31. The average molecular weight is 389 g/mol. The van der Waals surface area contributed by atoms with Crippen LogP contribution in [0, 0.1) is 5.92 Å². The van der Waals surface area contributed by atoms with Gasteiger partial charge < -0.3 is 9.47 Å². The Morgan fingerprint density at radius 3 is 2.85 bits per heavy atom. The predicted molar refractivity (Wildman–Crippen MR) is 102 cm³/mol. The van der Waals surface area contributed by atoms with Gasteiger partial charge in [-0.25, -0.2) is 14.5 Å². The number of carbonyl (C=O) groups is 2. The Bertz CT molecular complexity index is 800. The molecule has 1 saturated heterocycles. The Labute approximate surface area is 163 Å². The number of amides is 2. The third-order valence-electron chi connectivity index (χ3n) is 4.92. The van der Waals surface area contributed by atoms with Gasteiger partial charge in [0.15, 0.2) is 0 Å². The van der Waals surface area contributed by atoms with Gasteiger partial charge in [0.25, 0.3) is 0 Å². The highest BCUT2D eigenvalue weighted by molar-refractivity contribution is 7.78. The van der Waals surface area contributed by atoms with Gasteiger partial charge in [0.05, 0.1) is 23.1 Å². The van der Waals surface area contributed by atoms with Crippen molar-refractivity contribution >= 4 is 35.3 Å². The summed E-state index contributed by atoms with van der Waals surface area (Å²) >= 11 is 4.73. The highest BCUT2D eigenvalue weighted by atomic mass is 32.1. The molecule has 8 heteroatoms. The molecule has 2 amide bonds. The van der Waals surface area contributed by atoms with Crippen LogP contribution in [0.25, 0.3) is 0 Å². The van der Waals surface area contributed by atoms with Crippen LogP contribution in [0.5, 0.6) is 0 Å². The number of carbonyl (C=O) groups excluding carboxylic acids is 2. The molecular weight excluding hydrogens is 366 g/mol. The van der Waals surface area contributed by atoms with Gasteiger partial charge >= 0.3 is 12.2 Å². The summed E-state index contributed by atoms with van der Waals surface area (Å²) in [6.07, 6.45) is 3.09. The molecule has 1 aliphatic heterocycles. The van der Waals surface area contributed by atoms with E-state index in [-0.39, 0.29) is 24.0 Å². The maximum atomic E-state index is 12.6. The van der Waals surface area contributed by atoms with Crippen molar-refractivity contribution in [3.05, 3.63) is 24.0 Å². The number of aromatic nitrogens is 1. The highest BCUT2D eigenvalue weighted by Crippen LogP contribution is 2.45. The third-order valence-corrected chi connectivity index (χ3v) is 5.01. The second-order valence-electron chi connectivity index (χ2n) is 8.05. The van der Waals surface area contributed by atoms with Crippen LogP contribution in [0.15, 0.2) is 23.5 Å². The molecule has 2 heterocycles. The van der Waals surface area contributed by atoms with Crippen LogP contribution >= 0.6 is 12.2 Å². The van der Waals surface area contributed by atoms with E-state index in [9.17, 15) is 9.59 Å². The maximum Gasteiger partial charge on any atom is 0.420 e. The second-order valence-corrected chi connectivity index (χ2v) is 8.23. The number of hydrogen-bond acceptors (Lipinski definition) is 7. The molecule has 0 radical (unpaired) electrons. The zero-order valence-corrected chi connectivity index (χ0v) is 16.7. The lowest BCUT2D eigenvalue weighted by molar-refractivity contribution is 0.0233. The van der Waals surface area contributed by atoms with E-state index in [1.54, 1.807) is 33.2 Å². The van der Waals surface area contributed by atoms with Gasteiger partial charge in [-0.15, -0.1) is 0 Å². The first-order valence-electron chi connectivity index (χ1n) is 8.96. The molecule has 4 atom stereocenters. The first-order chi connectivity index (χ1) is 12.7. The Morgan fingerprint density at radius 1 is 1.44 bits per heavy atom. The molecule has 0 N–H and O–H groups in total. The van der Waals surface area contributed by atoms with Crippen molar-refractivity contribution in [3.63, 3.8) is 0 Å². The molecule has 0 spiro atoms. The predicted octanol–water partition coefficient (Wildman–Crippen LogP) is 4.45. The summed E-state index contributed by atoms with van der Waals surface area (Å²) in [4.78, 5) is 34.3. The number of hydrogen-bond donors (Lipinski definition) is 0. The molecule has 1 aromatic heterocycles. The Morgan fingerprint density at radius 2 is 2.19 bits per heavy atom. The largest absolute Gasteiger partial charge is 0.443 e. The minimum Gasteiger partial charge on any atom is -0.443 e. The molecule has 3 rings (SSSR count). The smallest absolute Gasteiger partial charge is 0.420 e. The van der Waals surface area contributed by atoms with E-state index in [0.717, 1.165) is 16.9 Å². The number of aliphatic imine (C=N–C) groups is 1. The molecule has 27 heavy (non-hydrogen) atoms. The summed E-state index contributed by atoms with van der Waals surface area (Å²) in [5, 5.41) is 2.39. The van der Waals surface area contributed by atoms with Crippen LogP contribution in [-0.2, 0) is 9.47 Å². The van der Waals surface area contributed by atoms with Gasteiger partial charge in [-0.3, -0.25) is 4.98 Å². The van der Waals surface area contributed by atoms with Crippen molar-refractivity contribution in [3.8, 4) is 0 Å². The fourth-order valence-corrected chi connectivity index (χ4v) is 4.00. The number of rotatable bonds is 2. The topological polar surface area (TPSA) is 81.1 Å². The lowest BCUT2D eigenvalue weighted by atomic mass is 9.74. The van der Waals surface area contributed by atoms with Crippen molar-refractivity contribution in [2.45, 2.75) is 64.2 Å². The van der Waals surface area contributed by atoms with Gasteiger partial charge in [0, 0.05) is 6.20 Å². The number of imide groups is 1. The molecule has 2 fully saturated rings. The molecule has 1 aromatic rings. The number of pyridine rings is 1. The molecule has 4 unspecified atom stereocenters. The Balaban J connectivity index is 1.89. The number of thiocarbonyl (C=S) groups is 1. The molecule has 2 aliphatic rings. The molecule has 1 saturated carbocycles. The fraction of sp³-hybridized carbons (Fsp3) is 0.579. The summed E-state index contributed by atoms with van der Waals surface area (Å²) in [5.41, 5.74) is 0.954. The third kappa shape index (κ3) is 4.01. The molecule has 144 valence electrons. The van der Waals surface area contributed by atoms with E-state index >= 15 is 0 Å². The van der Waals surface area contributed by atoms with E-state index in [4.69, 9.17) is 21.7 Å². The van der Waals surface area contributed by atoms with E-state index in [0.29, 0.717) is 12.1 Å². The number of ether oxygens (including phenoxy) is 2. The van der Waals surface area contributed by atoms with E-state index in [1.807, 2.05) is 13.0 Å². The zero-order valence-electron chi connectivity index (χ0n) is 15.8. The summed E-state index contributed by atoms with van der Waals surface area (Å²) < 4.78 is 10.9. The summed E-state index contributed by atoms with van der Waals surface area (Å²) in [6, 6.07) is 1.53. The van der Waals surface area contributed by atoms with Crippen LogP contribution in [0.3, 0.4) is 0 Å². The fourth-order valence-electron chi connectivity index (χ4n) is 3.90. The lowest BCUT2D eigenvalue weighted by Gasteiger charge is -2.37. The minimum atomic E-state index is -0.693. The van der Waals surface area contributed by atoms with Gasteiger partial charge in [-0.05, 0) is 69.3 Å². The van der Waals surface area contributed by atoms with Crippen LogP contribution in [0.2, 0.25) is 0 Å². The summed E-state index contributed by atoms with van der Waals surface area (Å²) in [6.45, 7) is 7.33. The second kappa shape index (κ2) is 7.37. The van der Waals surface area contributed by atoms with Gasteiger partial charge in [0.2, 0.25) is 0 Å². The van der Waals surface area contributed by atoms with Crippen LogP contribution < -0.4 is 0 Å². The van der Waals surface area contributed by atoms with Crippen LogP contribution in [-0.4, -0.2) is 45.0 Å². The first kappa shape index (κ1) is 19.5. The number of isothiocyanates is 1. The Kier molecular flexibility index (Phi) is 5.31. The van der Waals surface area contributed by atoms with Crippen LogP contribution in [0.1, 0.15) is 52.0 Å². The van der Waals surface area contributed by atoms with Gasteiger partial charge in [-0.2, -0.15) is 4.99 Å². The van der Waals surface area contributed by atoms with E-state index < -0.39 is 17.8 Å². The first-order valence-corrected chi connectivity index (χ1v) is 9.36. The van der Waals surface area contributed by atoms with Crippen molar-refractivity contribution in [2.75, 3.05) is 0 Å². The molecule has 7 nitrogen and oxygen atoms in total. The minimum absolute atomic E-state index is 0.0858. The van der Waals surface area contributed by atoms with Crippen molar-refractivity contribution in [2.24, 2.45) is 10.9 Å². The zero-order chi connectivity index (χ0) is 19.8. The maximum absolute atomic E-state index is 12.6. The van der Waals surface area contributed by atoms with Crippen molar-refractivity contribution < 1.29 is 19.1 Å². The lowest BCUT2D eigenvalue weighted by Crippen LogP contribution is -2.48. The van der Waals surface area contributed by atoms with E-state index in [2.05, 4.69) is 15.1 Å². The van der Waals surface area contributed by atoms with E-state index in [1.165, 1.54) is 0 Å². The number of nitrogens with zero attached hydrogens (tertiary/aromatic N) is 3. The van der Waals surface area contributed by atoms with Crippen LogP contribution in [0.4, 0.5) is 15.3 Å². The monoisotopic (exact) mass is 389 g/mol. The quantitative estimate of drug-likeness (QED) is 0.549. The normalized spacial score (nSPS) is 27.4. The van der Waals surface area contributed by atoms with Gasteiger partial charge in [-0.1, -0.05) is 6.92 Å². The average Bonchev–Trinajstić information content (AvgIpc) is 2.91. The summed E-state index contributed by atoms with van der Waals surface area (Å²) in [7, 11) is 0. The highest BCUT2D eigenvalue weighted by Gasteiger charge is 2.52. The number of fused-ring (bicyclic) bond motifs is 1. The van der Waals surface area contributed by atoms with Crippen molar-refractivity contribution in [1.82, 2.24) is 9.88 Å². The molecule has 0 aromatic carbocycles. The standard InChI is InChI=1S/C19H23N3O4S/c1-11-7-12(13-5-6-20-9-14(13)21-10-27)8-15-16(11)25-17(23)22(15)18(24)26-19(2,3)4/h5-6,9,11-12,15-16H,7-8H2,1-4H3. The summed E-state index contributed by atoms with van der Waals surface area (Å²) in [5.74, 6) is 0.174. The van der Waals surface area contributed by atoms with Gasteiger partial charge in [0.1, 0.15) is 11.7 Å². The SMILES string of the molecule is CC1CC(c2ccncc2N=C=S)CC2C1OC(=O)N2C(=O)OC(C)(C)C. The molecule has 1 aliphatic carbocycles. The molecule has 0 bridgehead atoms. The molecular formula is C19H23N3O4S. The van der Waals surface area contributed by atoms with Crippen molar-refractivity contribution in [1.29, 1.82) is 0 Å².